The Labute approximate surface area is 208 Å². The average Bonchev–Trinajstić information content (AvgIpc) is 3.83. The Morgan fingerprint density at radius 1 is 0.771 bits per heavy atom. The van der Waals surface area contributed by atoms with Crippen molar-refractivity contribution in [3.05, 3.63) is 54.6 Å². The van der Waals surface area contributed by atoms with Gasteiger partial charge in [0.25, 0.3) is 0 Å². The first-order valence-electron chi connectivity index (χ1n) is 13.1. The van der Waals surface area contributed by atoms with Crippen LogP contribution in [0.1, 0.15) is 45.4 Å². The standard InChI is InChI=1S/C29H36N2O4/c1-2-3-4-5-6-7-16-31-29(23-10-14-25(15-11-23)33-19-27-21-35-27)17-28(30-31)22-8-12-24(13-9-22)32-18-26-20-34-26/h8-15,17,26-27H,2-7,16,18-21H2,1H3. The van der Waals surface area contributed by atoms with Crippen LogP contribution < -0.4 is 9.47 Å². The Morgan fingerprint density at radius 3 is 1.89 bits per heavy atom. The maximum atomic E-state index is 5.82. The van der Waals surface area contributed by atoms with E-state index < -0.39 is 0 Å². The van der Waals surface area contributed by atoms with Crippen molar-refractivity contribution in [2.24, 2.45) is 0 Å². The number of hydrogen-bond donors (Lipinski definition) is 0. The third-order valence-corrected chi connectivity index (χ3v) is 6.48. The number of benzene rings is 2. The second kappa shape index (κ2) is 11.7. The van der Waals surface area contributed by atoms with Gasteiger partial charge in [0.05, 0.1) is 24.6 Å². The van der Waals surface area contributed by atoms with Crippen molar-refractivity contribution in [1.82, 2.24) is 9.78 Å². The number of hydrogen-bond acceptors (Lipinski definition) is 5. The van der Waals surface area contributed by atoms with Gasteiger partial charge in [-0.3, -0.25) is 4.68 Å². The fourth-order valence-corrected chi connectivity index (χ4v) is 4.15. The van der Waals surface area contributed by atoms with Gasteiger partial charge in [-0.15, -0.1) is 0 Å². The zero-order valence-corrected chi connectivity index (χ0v) is 20.7. The highest BCUT2D eigenvalue weighted by Crippen LogP contribution is 2.29. The van der Waals surface area contributed by atoms with E-state index in [1.165, 1.54) is 32.1 Å². The molecular weight excluding hydrogens is 440 g/mol. The highest BCUT2D eigenvalue weighted by Gasteiger charge is 2.23. The van der Waals surface area contributed by atoms with Crippen molar-refractivity contribution in [2.45, 2.75) is 64.2 Å². The van der Waals surface area contributed by atoms with Gasteiger partial charge in [0.15, 0.2) is 0 Å². The van der Waals surface area contributed by atoms with E-state index in [1.54, 1.807) is 0 Å². The van der Waals surface area contributed by atoms with Crippen LogP contribution >= 0.6 is 0 Å². The molecule has 2 unspecified atom stereocenters. The minimum absolute atomic E-state index is 0.258. The Balaban J connectivity index is 1.29. The number of aromatic nitrogens is 2. The van der Waals surface area contributed by atoms with E-state index in [1.807, 2.05) is 24.3 Å². The second-order valence-electron chi connectivity index (χ2n) is 9.49. The van der Waals surface area contributed by atoms with E-state index in [9.17, 15) is 0 Å². The Kier molecular flexibility index (Phi) is 8.01. The summed E-state index contributed by atoms with van der Waals surface area (Å²) in [5.74, 6) is 1.74. The van der Waals surface area contributed by atoms with Crippen molar-refractivity contribution in [3.8, 4) is 34.0 Å². The lowest BCUT2D eigenvalue weighted by molar-refractivity contribution is 0.263. The van der Waals surface area contributed by atoms with Crippen LogP contribution in [0.5, 0.6) is 11.5 Å². The predicted octanol–water partition coefficient (Wildman–Crippen LogP) is 6.13. The molecule has 2 aromatic carbocycles. The summed E-state index contributed by atoms with van der Waals surface area (Å²) in [6.07, 6.45) is 8.11. The number of nitrogens with zero attached hydrogens (tertiary/aromatic N) is 2. The molecule has 2 fully saturated rings. The molecular formula is C29H36N2O4. The molecule has 3 heterocycles. The van der Waals surface area contributed by atoms with Gasteiger partial charge in [-0.25, -0.2) is 0 Å². The molecule has 6 nitrogen and oxygen atoms in total. The first-order chi connectivity index (χ1) is 17.3. The van der Waals surface area contributed by atoms with E-state index >= 15 is 0 Å². The molecule has 2 atom stereocenters. The van der Waals surface area contributed by atoms with E-state index in [0.717, 1.165) is 60.2 Å². The first-order valence-corrected chi connectivity index (χ1v) is 13.1. The van der Waals surface area contributed by atoms with Gasteiger partial charge in [0.1, 0.15) is 36.9 Å². The van der Waals surface area contributed by atoms with Crippen LogP contribution in [0.3, 0.4) is 0 Å². The van der Waals surface area contributed by atoms with Crippen molar-refractivity contribution >= 4 is 0 Å². The molecule has 0 N–H and O–H groups in total. The lowest BCUT2D eigenvalue weighted by Gasteiger charge is -2.09. The van der Waals surface area contributed by atoms with Crippen LogP contribution in [0.25, 0.3) is 22.5 Å². The van der Waals surface area contributed by atoms with Gasteiger partial charge >= 0.3 is 0 Å². The number of unbranched alkanes of at least 4 members (excludes halogenated alkanes) is 5. The quantitative estimate of drug-likeness (QED) is 0.195. The van der Waals surface area contributed by atoms with Crippen LogP contribution in [0, 0.1) is 0 Å². The number of ether oxygens (including phenoxy) is 4. The summed E-state index contributed by atoms with van der Waals surface area (Å²) in [6.45, 7) is 6.02. The molecule has 3 aromatic rings. The summed E-state index contributed by atoms with van der Waals surface area (Å²) in [7, 11) is 0. The zero-order valence-electron chi connectivity index (χ0n) is 20.7. The number of epoxide rings is 2. The molecule has 0 bridgehead atoms. The number of aryl methyl sites for hydroxylation is 1. The van der Waals surface area contributed by atoms with Gasteiger partial charge in [-0.05, 0) is 61.0 Å². The topological polar surface area (TPSA) is 61.3 Å². The summed E-state index contributed by atoms with van der Waals surface area (Å²) in [5, 5.41) is 5.00. The lowest BCUT2D eigenvalue weighted by atomic mass is 10.1. The fraction of sp³-hybridized carbons (Fsp3) is 0.483. The highest BCUT2D eigenvalue weighted by molar-refractivity contribution is 5.69. The normalized spacial score (nSPS) is 18.4. The van der Waals surface area contributed by atoms with Crippen molar-refractivity contribution in [1.29, 1.82) is 0 Å². The molecule has 35 heavy (non-hydrogen) atoms. The lowest BCUT2D eigenvalue weighted by Crippen LogP contribution is -2.04. The average molecular weight is 477 g/mol. The minimum atomic E-state index is 0.258. The molecule has 6 heteroatoms. The van der Waals surface area contributed by atoms with Gasteiger partial charge in [0.2, 0.25) is 0 Å². The summed E-state index contributed by atoms with van der Waals surface area (Å²) in [4.78, 5) is 0. The number of rotatable bonds is 15. The van der Waals surface area contributed by atoms with Crippen molar-refractivity contribution in [3.63, 3.8) is 0 Å². The maximum Gasteiger partial charge on any atom is 0.119 e. The van der Waals surface area contributed by atoms with E-state index in [0.29, 0.717) is 13.2 Å². The molecule has 2 aliphatic rings. The van der Waals surface area contributed by atoms with Crippen molar-refractivity contribution in [2.75, 3.05) is 26.4 Å². The van der Waals surface area contributed by atoms with Gasteiger partial charge in [0, 0.05) is 17.7 Å². The highest BCUT2D eigenvalue weighted by atomic mass is 16.6. The molecule has 186 valence electrons. The Morgan fingerprint density at radius 2 is 1.31 bits per heavy atom. The van der Waals surface area contributed by atoms with Crippen LogP contribution in [0.4, 0.5) is 0 Å². The van der Waals surface area contributed by atoms with E-state index in [-0.39, 0.29) is 12.2 Å². The molecule has 0 spiro atoms. The smallest absolute Gasteiger partial charge is 0.119 e. The van der Waals surface area contributed by atoms with Crippen LogP contribution in [-0.2, 0) is 16.0 Å². The SMILES string of the molecule is CCCCCCCCn1nc(-c2ccc(OCC3CO3)cc2)cc1-c1ccc(OCC2CO2)cc1. The largest absolute Gasteiger partial charge is 0.491 e. The monoisotopic (exact) mass is 476 g/mol. The molecule has 0 aliphatic carbocycles. The van der Waals surface area contributed by atoms with Crippen LogP contribution in [-0.4, -0.2) is 48.4 Å². The first kappa shape index (κ1) is 23.9. The summed E-state index contributed by atoms with van der Waals surface area (Å²) < 4.78 is 24.2. The maximum absolute atomic E-state index is 5.82. The van der Waals surface area contributed by atoms with Crippen LogP contribution in [0.15, 0.2) is 54.6 Å². The summed E-state index contributed by atoms with van der Waals surface area (Å²) in [5.41, 5.74) is 4.35. The van der Waals surface area contributed by atoms with Crippen LogP contribution in [0.2, 0.25) is 0 Å². The van der Waals surface area contributed by atoms with Crippen molar-refractivity contribution < 1.29 is 18.9 Å². The summed E-state index contributed by atoms with van der Waals surface area (Å²) in [6, 6.07) is 18.7. The van der Waals surface area contributed by atoms with E-state index in [4.69, 9.17) is 24.0 Å². The molecule has 0 saturated carbocycles. The molecule has 2 aliphatic heterocycles. The molecule has 0 amide bonds. The fourth-order valence-electron chi connectivity index (χ4n) is 4.15. The Bertz CT molecular complexity index is 1050. The van der Waals surface area contributed by atoms with E-state index in [2.05, 4.69) is 41.9 Å². The summed E-state index contributed by atoms with van der Waals surface area (Å²) >= 11 is 0. The molecule has 1 aromatic heterocycles. The third-order valence-electron chi connectivity index (χ3n) is 6.48. The minimum Gasteiger partial charge on any atom is -0.491 e. The molecule has 2 saturated heterocycles. The van der Waals surface area contributed by atoms with Gasteiger partial charge in [-0.1, -0.05) is 39.0 Å². The Hall–Kier alpha value is -2.83. The van der Waals surface area contributed by atoms with Gasteiger partial charge < -0.3 is 18.9 Å². The molecule has 5 rings (SSSR count). The molecule has 0 radical (unpaired) electrons. The predicted molar refractivity (Wildman–Crippen MR) is 137 cm³/mol. The third kappa shape index (κ3) is 7.09. The second-order valence-corrected chi connectivity index (χ2v) is 9.49. The van der Waals surface area contributed by atoms with Gasteiger partial charge in [-0.2, -0.15) is 5.10 Å². The zero-order chi connectivity index (χ0) is 23.9.